The molecule has 51 heavy (non-hydrogen) atoms. The summed E-state index contributed by atoms with van der Waals surface area (Å²) in [7, 11) is 0. The topological polar surface area (TPSA) is 238 Å². The summed E-state index contributed by atoms with van der Waals surface area (Å²) in [5.41, 5.74) is -2.18. The van der Waals surface area contributed by atoms with Crippen LogP contribution in [-0.4, -0.2) is 146 Å². The number of aliphatic hydroxyl groups is 7. The quantitative estimate of drug-likeness (QED) is 0.119. The molecule has 4 aliphatic heterocycles. The van der Waals surface area contributed by atoms with Crippen molar-refractivity contribution in [3.63, 3.8) is 0 Å². The van der Waals surface area contributed by atoms with Gasteiger partial charge in [0.1, 0.15) is 54.4 Å². The van der Waals surface area contributed by atoms with E-state index >= 15 is 0 Å². The van der Waals surface area contributed by atoms with Crippen molar-refractivity contribution >= 4 is 11.9 Å². The molecule has 7 N–H and O–H groups in total. The molecule has 21 atom stereocenters. The Balaban J connectivity index is 1.04. The van der Waals surface area contributed by atoms with Crippen LogP contribution >= 0.6 is 0 Å². The number of epoxide rings is 2. The highest BCUT2D eigenvalue weighted by Crippen LogP contribution is 2.74. The molecule has 7 fully saturated rings. The number of esters is 2. The number of ether oxygens (including phenoxy) is 6. The summed E-state index contributed by atoms with van der Waals surface area (Å²) in [6.07, 6.45) is -10.3. The number of fused-ring (bicyclic) bond motifs is 9. The Kier molecular flexibility index (Phi) is 8.61. The van der Waals surface area contributed by atoms with Crippen LogP contribution in [0.15, 0.2) is 11.1 Å². The van der Waals surface area contributed by atoms with Crippen molar-refractivity contribution in [2.45, 2.75) is 145 Å². The Morgan fingerprint density at radius 2 is 1.73 bits per heavy atom. The maximum absolute atomic E-state index is 13.5. The fourth-order valence-electron chi connectivity index (χ4n) is 12.1. The molecule has 3 saturated heterocycles. The number of carbonyl (C=O) groups is 2. The third kappa shape index (κ3) is 5.03. The highest BCUT2D eigenvalue weighted by molar-refractivity contribution is 5.90. The fourth-order valence-corrected chi connectivity index (χ4v) is 12.1. The van der Waals surface area contributed by atoms with E-state index in [9.17, 15) is 45.3 Å². The maximum Gasteiger partial charge on any atom is 0.336 e. The highest BCUT2D eigenvalue weighted by Gasteiger charge is 2.83. The fraction of sp³-hybridized carbons (Fsp3) is 0.889. The van der Waals surface area contributed by atoms with Crippen molar-refractivity contribution in [3.05, 3.63) is 11.1 Å². The first kappa shape index (κ1) is 36.2. The van der Waals surface area contributed by atoms with Crippen LogP contribution in [0, 0.1) is 40.4 Å². The number of cyclic esters (lactones) is 1. The Labute approximate surface area is 295 Å². The minimum Gasteiger partial charge on any atom is -0.462 e. The summed E-state index contributed by atoms with van der Waals surface area (Å²) in [5.74, 6) is -2.55. The van der Waals surface area contributed by atoms with Crippen LogP contribution in [0.3, 0.4) is 0 Å². The molecule has 0 bridgehead atoms. The zero-order chi connectivity index (χ0) is 36.7. The van der Waals surface area contributed by atoms with Crippen LogP contribution in [0.4, 0.5) is 0 Å². The zero-order valence-corrected chi connectivity index (χ0v) is 29.5. The summed E-state index contributed by atoms with van der Waals surface area (Å²) < 4.78 is 35.3. The van der Waals surface area contributed by atoms with Crippen LogP contribution in [-0.2, 0) is 38.0 Å². The predicted octanol–water partition coefficient (Wildman–Crippen LogP) is -1.31. The summed E-state index contributed by atoms with van der Waals surface area (Å²) >= 11 is 0. The van der Waals surface area contributed by atoms with Gasteiger partial charge in [0.05, 0.1) is 43.2 Å². The van der Waals surface area contributed by atoms with E-state index in [0.717, 1.165) is 0 Å². The number of hydrogen-bond acceptors (Lipinski definition) is 15. The first-order valence-electron chi connectivity index (χ1n) is 18.4. The standard InChI is InChI=1S/C36H52O15/c1-12-6-19(49-32(44)15(12)11-46-33-27(42)26(41)25(40)21(10-37)50-33)13(2)24-18(39)7-16-23-17(8-22(34(16,24)4)47-14(3)38)35(5)30(43)28-20(48-28)9-36(35,45)31-29(23)51-31/h13,16-31,33,37,39-43,45H,6-11H2,1-5H3/t13-,16+,17+,18+,19-,20+,21+,22+,23+,24+,25+,26-,27+,28+,29+,30+,31+,33+,34-,35+,36+/m1/s1. The molecule has 4 aliphatic carbocycles. The lowest BCUT2D eigenvalue weighted by atomic mass is 9.42. The van der Waals surface area contributed by atoms with Gasteiger partial charge in [-0.25, -0.2) is 4.79 Å². The molecule has 4 saturated carbocycles. The zero-order valence-electron chi connectivity index (χ0n) is 29.5. The van der Waals surface area contributed by atoms with Crippen molar-refractivity contribution in [3.8, 4) is 0 Å². The molecule has 0 spiro atoms. The van der Waals surface area contributed by atoms with Crippen LogP contribution in [0.1, 0.15) is 60.3 Å². The van der Waals surface area contributed by atoms with Gasteiger partial charge in [-0.2, -0.15) is 0 Å². The Bertz CT molecular complexity index is 1470. The second-order valence-electron chi connectivity index (χ2n) is 17.1. The average molecular weight is 725 g/mol. The molecule has 0 aromatic heterocycles. The molecule has 0 aromatic carbocycles. The van der Waals surface area contributed by atoms with Gasteiger partial charge in [0.15, 0.2) is 6.29 Å². The summed E-state index contributed by atoms with van der Waals surface area (Å²) in [5, 5.41) is 75.9. The van der Waals surface area contributed by atoms with Gasteiger partial charge < -0.3 is 64.2 Å². The van der Waals surface area contributed by atoms with E-state index in [-0.39, 0.29) is 54.2 Å². The maximum atomic E-state index is 13.5. The molecule has 0 radical (unpaired) electrons. The van der Waals surface area contributed by atoms with Gasteiger partial charge in [-0.1, -0.05) is 26.3 Å². The Hall–Kier alpha value is -1.76. The van der Waals surface area contributed by atoms with Crippen molar-refractivity contribution in [2.75, 3.05) is 13.2 Å². The molecule has 4 heterocycles. The van der Waals surface area contributed by atoms with Crippen LogP contribution in [0.25, 0.3) is 0 Å². The van der Waals surface area contributed by atoms with Gasteiger partial charge in [0, 0.05) is 36.5 Å². The Morgan fingerprint density at radius 3 is 2.39 bits per heavy atom. The minimum atomic E-state index is -1.62. The molecule has 286 valence electrons. The second-order valence-corrected chi connectivity index (χ2v) is 17.1. The van der Waals surface area contributed by atoms with E-state index in [1.807, 2.05) is 20.8 Å². The van der Waals surface area contributed by atoms with Crippen LogP contribution in [0.5, 0.6) is 0 Å². The first-order chi connectivity index (χ1) is 24.0. The van der Waals surface area contributed by atoms with Gasteiger partial charge in [0.2, 0.25) is 0 Å². The van der Waals surface area contributed by atoms with E-state index < -0.39 is 102 Å². The molecular weight excluding hydrogens is 672 g/mol. The summed E-state index contributed by atoms with van der Waals surface area (Å²) in [4.78, 5) is 26.2. The van der Waals surface area contributed by atoms with E-state index in [2.05, 4.69) is 0 Å². The van der Waals surface area contributed by atoms with Crippen LogP contribution in [0.2, 0.25) is 0 Å². The van der Waals surface area contributed by atoms with Gasteiger partial charge in [0.25, 0.3) is 0 Å². The van der Waals surface area contributed by atoms with Gasteiger partial charge in [-0.15, -0.1) is 0 Å². The average Bonchev–Trinajstić information content (AvgIpc) is 3.99. The third-order valence-electron chi connectivity index (χ3n) is 14.9. The Morgan fingerprint density at radius 1 is 1.00 bits per heavy atom. The van der Waals surface area contributed by atoms with Crippen molar-refractivity contribution in [1.82, 2.24) is 0 Å². The monoisotopic (exact) mass is 724 g/mol. The van der Waals surface area contributed by atoms with Gasteiger partial charge >= 0.3 is 11.9 Å². The van der Waals surface area contributed by atoms with Crippen molar-refractivity contribution < 1.29 is 73.8 Å². The molecule has 8 rings (SSSR count). The van der Waals surface area contributed by atoms with E-state index in [1.54, 1.807) is 6.92 Å². The summed E-state index contributed by atoms with van der Waals surface area (Å²) in [6, 6.07) is 0. The lowest BCUT2D eigenvalue weighted by Crippen LogP contribution is -2.72. The summed E-state index contributed by atoms with van der Waals surface area (Å²) in [6.45, 7) is 8.09. The SMILES string of the molecule is CC(=O)O[C@H]1C[C@H]2[C@@H]([C@@H]3O[C@@H]3[C@@]3(O)C[C@@H]4O[C@@H]4[C@H](O)[C@]23C)[C@@H]2C[C@H](O)[C@H]([C@H](C)[C@H]3CC(C)=C(CO[C@H]4O[C@@H](CO)[C@H](O)[C@@H](O)[C@@H]4O)C(=O)O3)[C@@]12C. The lowest BCUT2D eigenvalue weighted by Gasteiger charge is -2.63. The second kappa shape index (κ2) is 12.1. The smallest absolute Gasteiger partial charge is 0.336 e. The molecule has 0 aromatic rings. The molecule has 15 heteroatoms. The first-order valence-corrected chi connectivity index (χ1v) is 18.4. The predicted molar refractivity (Wildman–Crippen MR) is 170 cm³/mol. The number of rotatable bonds is 7. The van der Waals surface area contributed by atoms with E-state index in [4.69, 9.17) is 28.4 Å². The van der Waals surface area contributed by atoms with E-state index in [0.29, 0.717) is 31.3 Å². The number of aliphatic hydroxyl groups excluding tert-OH is 6. The molecule has 15 nitrogen and oxygen atoms in total. The molecule has 8 aliphatic rings. The number of hydrogen-bond donors (Lipinski definition) is 7. The highest BCUT2D eigenvalue weighted by atomic mass is 16.7. The van der Waals surface area contributed by atoms with Crippen molar-refractivity contribution in [1.29, 1.82) is 0 Å². The van der Waals surface area contributed by atoms with Gasteiger partial charge in [-0.3, -0.25) is 4.79 Å². The molecular formula is C36H52O15. The third-order valence-corrected chi connectivity index (χ3v) is 14.9. The normalized spacial score (nSPS) is 56.1. The molecule has 0 amide bonds. The van der Waals surface area contributed by atoms with Crippen molar-refractivity contribution in [2.24, 2.45) is 40.4 Å². The van der Waals surface area contributed by atoms with E-state index in [1.165, 1.54) is 6.92 Å². The molecule has 0 unspecified atom stereocenters. The largest absolute Gasteiger partial charge is 0.462 e. The number of carbonyl (C=O) groups excluding carboxylic acids is 2. The van der Waals surface area contributed by atoms with Gasteiger partial charge in [-0.05, 0) is 43.4 Å². The minimum absolute atomic E-state index is 0.129. The van der Waals surface area contributed by atoms with Crippen LogP contribution < -0.4 is 0 Å². The lowest BCUT2D eigenvalue weighted by molar-refractivity contribution is -0.299.